The largest absolute Gasteiger partial charge is 0.496 e. The van der Waals surface area contributed by atoms with E-state index in [9.17, 15) is 14.4 Å². The molecule has 1 saturated heterocycles. The predicted molar refractivity (Wildman–Crippen MR) is 116 cm³/mol. The summed E-state index contributed by atoms with van der Waals surface area (Å²) in [5.41, 5.74) is 1.89. The molecule has 0 bridgehead atoms. The summed E-state index contributed by atoms with van der Waals surface area (Å²) in [5.74, 6) is -0.449. The molecule has 0 saturated carbocycles. The third-order valence-electron chi connectivity index (χ3n) is 6.34. The maximum Gasteiger partial charge on any atom is 0.328 e. The number of furan rings is 1. The third-order valence-corrected chi connectivity index (χ3v) is 6.34. The Balaban J connectivity index is 1.68. The Morgan fingerprint density at radius 3 is 2.72 bits per heavy atom. The normalized spacial score (nSPS) is 19.2. The summed E-state index contributed by atoms with van der Waals surface area (Å²) in [6.45, 7) is 2.99. The molecule has 0 spiro atoms. The van der Waals surface area contributed by atoms with E-state index in [4.69, 9.17) is 13.9 Å². The highest BCUT2D eigenvalue weighted by Gasteiger charge is 2.36. The highest BCUT2D eigenvalue weighted by molar-refractivity contribution is 6.00. The van der Waals surface area contributed by atoms with Gasteiger partial charge in [-0.2, -0.15) is 0 Å². The van der Waals surface area contributed by atoms with Crippen LogP contribution in [0.25, 0.3) is 0 Å². The lowest BCUT2D eigenvalue weighted by atomic mass is 9.99. The van der Waals surface area contributed by atoms with E-state index >= 15 is 0 Å². The fourth-order valence-corrected chi connectivity index (χ4v) is 4.68. The SMILES string of the molecule is COC(=O)[C@@H]1CCCCN1C(=O)c1c(OC)cc(=O)n2c1CCN(Cc1ccoc1)CC2. The molecule has 2 aliphatic rings. The minimum absolute atomic E-state index is 0.193. The molecule has 2 aromatic heterocycles. The summed E-state index contributed by atoms with van der Waals surface area (Å²) < 4.78 is 17.3. The lowest BCUT2D eigenvalue weighted by Crippen LogP contribution is -2.49. The molecule has 0 aliphatic carbocycles. The van der Waals surface area contributed by atoms with E-state index < -0.39 is 12.0 Å². The van der Waals surface area contributed by atoms with E-state index in [0.29, 0.717) is 56.8 Å². The zero-order valence-corrected chi connectivity index (χ0v) is 18.5. The van der Waals surface area contributed by atoms with Crippen molar-refractivity contribution >= 4 is 11.9 Å². The topological polar surface area (TPSA) is 94.2 Å². The summed E-state index contributed by atoms with van der Waals surface area (Å²) in [4.78, 5) is 42.7. The third kappa shape index (κ3) is 4.29. The zero-order valence-electron chi connectivity index (χ0n) is 18.5. The Labute approximate surface area is 186 Å². The van der Waals surface area contributed by atoms with Crippen LogP contribution < -0.4 is 10.3 Å². The summed E-state index contributed by atoms with van der Waals surface area (Å²) in [6.07, 6.45) is 6.11. The lowest BCUT2D eigenvalue weighted by molar-refractivity contribution is -0.147. The Morgan fingerprint density at radius 2 is 2.00 bits per heavy atom. The zero-order chi connectivity index (χ0) is 22.7. The van der Waals surface area contributed by atoms with Gasteiger partial charge in [0.05, 0.1) is 26.7 Å². The van der Waals surface area contributed by atoms with Crippen molar-refractivity contribution in [2.75, 3.05) is 33.9 Å². The quantitative estimate of drug-likeness (QED) is 0.649. The number of hydrogen-bond acceptors (Lipinski definition) is 7. The Morgan fingerprint density at radius 1 is 1.16 bits per heavy atom. The first-order chi connectivity index (χ1) is 15.5. The molecule has 4 heterocycles. The number of fused-ring (bicyclic) bond motifs is 1. The maximum absolute atomic E-state index is 13.7. The predicted octanol–water partition coefficient (Wildman–Crippen LogP) is 1.68. The number of aromatic nitrogens is 1. The second-order valence-corrected chi connectivity index (χ2v) is 8.22. The van der Waals surface area contributed by atoms with Crippen molar-refractivity contribution in [2.24, 2.45) is 0 Å². The molecule has 0 aromatic carbocycles. The van der Waals surface area contributed by atoms with Crippen LogP contribution in [0.15, 0.2) is 33.9 Å². The molecule has 9 heteroatoms. The number of rotatable bonds is 5. The Hall–Kier alpha value is -3.07. The molecule has 0 radical (unpaired) electrons. The van der Waals surface area contributed by atoms with Crippen molar-refractivity contribution in [2.45, 2.75) is 44.8 Å². The summed E-state index contributed by atoms with van der Waals surface area (Å²) in [5, 5.41) is 0. The molecule has 1 atom stereocenters. The number of piperidine rings is 1. The van der Waals surface area contributed by atoms with Gasteiger partial charge in [-0.15, -0.1) is 0 Å². The van der Waals surface area contributed by atoms with Gasteiger partial charge in [0.2, 0.25) is 0 Å². The van der Waals surface area contributed by atoms with Crippen molar-refractivity contribution < 1.29 is 23.5 Å². The van der Waals surface area contributed by atoms with E-state index in [1.54, 1.807) is 22.0 Å². The van der Waals surface area contributed by atoms with Crippen molar-refractivity contribution in [1.29, 1.82) is 0 Å². The highest BCUT2D eigenvalue weighted by atomic mass is 16.5. The average Bonchev–Trinajstić information content (AvgIpc) is 3.24. The van der Waals surface area contributed by atoms with Gasteiger partial charge in [0.1, 0.15) is 17.4 Å². The highest BCUT2D eigenvalue weighted by Crippen LogP contribution is 2.28. The molecular weight excluding hydrogens is 414 g/mol. The number of nitrogens with zero attached hydrogens (tertiary/aromatic N) is 3. The number of amides is 1. The average molecular weight is 444 g/mol. The second-order valence-electron chi connectivity index (χ2n) is 8.22. The molecular formula is C23H29N3O6. The number of esters is 1. The van der Waals surface area contributed by atoms with Crippen LogP contribution in [-0.4, -0.2) is 66.1 Å². The van der Waals surface area contributed by atoms with Crippen LogP contribution in [0.3, 0.4) is 0 Å². The fraction of sp³-hybridized carbons (Fsp3) is 0.522. The maximum atomic E-state index is 13.7. The first-order valence-corrected chi connectivity index (χ1v) is 11.0. The minimum Gasteiger partial charge on any atom is -0.496 e. The van der Waals surface area contributed by atoms with Gasteiger partial charge >= 0.3 is 5.97 Å². The number of methoxy groups -OCH3 is 2. The van der Waals surface area contributed by atoms with Crippen LogP contribution in [0, 0.1) is 0 Å². The molecule has 0 N–H and O–H groups in total. The van der Waals surface area contributed by atoms with Gasteiger partial charge in [0.15, 0.2) is 0 Å². The Bertz CT molecular complexity index is 1030. The molecule has 4 rings (SSSR count). The van der Waals surface area contributed by atoms with Crippen LogP contribution in [0.2, 0.25) is 0 Å². The van der Waals surface area contributed by atoms with E-state index in [0.717, 1.165) is 18.4 Å². The van der Waals surface area contributed by atoms with Crippen LogP contribution in [0.4, 0.5) is 0 Å². The number of carbonyl (C=O) groups excluding carboxylic acids is 2. The van der Waals surface area contributed by atoms with Crippen molar-refractivity contribution in [3.63, 3.8) is 0 Å². The van der Waals surface area contributed by atoms with Crippen molar-refractivity contribution in [3.8, 4) is 5.75 Å². The van der Waals surface area contributed by atoms with Crippen LogP contribution in [-0.2, 0) is 29.0 Å². The number of hydrogen-bond donors (Lipinski definition) is 0. The standard InChI is InChI=1S/C23H29N3O6/c1-30-19-13-20(27)25-11-10-24(14-16-7-12-32-15-16)9-6-17(25)21(19)22(28)26-8-4-3-5-18(26)23(29)31-2/h7,12-13,15,18H,3-6,8-11,14H2,1-2H3/t18-/m0/s1. The lowest BCUT2D eigenvalue weighted by Gasteiger charge is -2.34. The van der Waals surface area contributed by atoms with Crippen LogP contribution >= 0.6 is 0 Å². The van der Waals surface area contributed by atoms with Crippen molar-refractivity contribution in [1.82, 2.24) is 14.4 Å². The molecule has 172 valence electrons. The van der Waals surface area contributed by atoms with Crippen LogP contribution in [0.1, 0.15) is 40.9 Å². The first kappa shape index (κ1) is 22.1. The van der Waals surface area contributed by atoms with E-state index in [1.807, 2.05) is 6.07 Å². The summed E-state index contributed by atoms with van der Waals surface area (Å²) in [7, 11) is 2.79. The smallest absolute Gasteiger partial charge is 0.328 e. The van der Waals surface area contributed by atoms with Gasteiger partial charge in [0.25, 0.3) is 11.5 Å². The molecule has 1 amide bonds. The molecule has 1 fully saturated rings. The van der Waals surface area contributed by atoms with Gasteiger partial charge < -0.3 is 23.4 Å². The van der Waals surface area contributed by atoms with Gasteiger partial charge in [-0.3, -0.25) is 14.5 Å². The minimum atomic E-state index is -0.623. The number of likely N-dealkylation sites (tertiary alicyclic amines) is 1. The molecule has 9 nitrogen and oxygen atoms in total. The summed E-state index contributed by atoms with van der Waals surface area (Å²) >= 11 is 0. The summed E-state index contributed by atoms with van der Waals surface area (Å²) in [6, 6.07) is 2.67. The molecule has 32 heavy (non-hydrogen) atoms. The number of pyridine rings is 1. The first-order valence-electron chi connectivity index (χ1n) is 11.0. The molecule has 0 unspecified atom stereocenters. The van der Waals surface area contributed by atoms with Gasteiger partial charge in [-0.05, 0) is 25.3 Å². The number of ether oxygens (including phenoxy) is 2. The number of carbonyl (C=O) groups is 2. The van der Waals surface area contributed by atoms with Gasteiger partial charge in [-0.1, -0.05) is 0 Å². The Kier molecular flexibility index (Phi) is 6.64. The second kappa shape index (κ2) is 9.60. The molecule has 2 aliphatic heterocycles. The van der Waals surface area contributed by atoms with Gasteiger partial charge in [-0.25, -0.2) is 4.79 Å². The van der Waals surface area contributed by atoms with Gasteiger partial charge in [0, 0.05) is 56.5 Å². The monoisotopic (exact) mass is 443 g/mol. The van der Waals surface area contributed by atoms with Crippen LogP contribution in [0.5, 0.6) is 5.75 Å². The van der Waals surface area contributed by atoms with Crippen molar-refractivity contribution in [3.05, 3.63) is 51.8 Å². The van der Waals surface area contributed by atoms with E-state index in [-0.39, 0.29) is 17.2 Å². The fourth-order valence-electron chi connectivity index (χ4n) is 4.68. The van der Waals surface area contributed by atoms with E-state index in [1.165, 1.54) is 20.3 Å². The van der Waals surface area contributed by atoms with E-state index in [2.05, 4.69) is 4.90 Å². The molecule has 2 aromatic rings.